The summed E-state index contributed by atoms with van der Waals surface area (Å²) in [6.07, 6.45) is 81.9. The van der Waals surface area contributed by atoms with E-state index in [0.717, 1.165) is 64.2 Å². The van der Waals surface area contributed by atoms with Gasteiger partial charge in [-0.3, -0.25) is 4.79 Å². The molecule has 376 valence electrons. The van der Waals surface area contributed by atoms with E-state index in [2.05, 4.69) is 92.1 Å². The maximum atomic E-state index is 12.4. The standard InChI is InChI=1S/C61H109NO3/c1-3-5-7-9-11-13-15-17-19-20-21-22-23-24-25-26-27-28-29-30-31-32-33-34-35-36-37-38-39-40-41-42-43-45-47-49-51-53-55-57-61(65)62-59(58-63)60(64)56-54-52-50-48-46-44-18-16-14-12-10-8-6-4-2/h5,7,11,13-14,16-17,19,21-22,46,48,54,56,59-60,63-64H,3-4,6,8-10,12,15,18,20,23-45,47,49-53,55,57-58H2,1-2H3,(H,62,65)/b7-5-,13-11-,16-14+,19-17-,22-21-,48-46+,56-54+. The van der Waals surface area contributed by atoms with Gasteiger partial charge in [-0.25, -0.2) is 0 Å². The van der Waals surface area contributed by atoms with Crippen molar-refractivity contribution in [3.8, 4) is 0 Å². The predicted molar refractivity (Wildman–Crippen MR) is 290 cm³/mol. The summed E-state index contributed by atoms with van der Waals surface area (Å²) in [5.41, 5.74) is 0. The molecular formula is C61H109NO3. The minimum absolute atomic E-state index is 0.0765. The van der Waals surface area contributed by atoms with Gasteiger partial charge < -0.3 is 15.5 Å². The first-order valence-corrected chi connectivity index (χ1v) is 28.3. The Bertz CT molecular complexity index is 1160. The third-order valence-electron chi connectivity index (χ3n) is 12.6. The molecule has 4 nitrogen and oxygen atoms in total. The van der Waals surface area contributed by atoms with Crippen LogP contribution in [0.3, 0.4) is 0 Å². The van der Waals surface area contributed by atoms with E-state index in [0.29, 0.717) is 6.42 Å². The fourth-order valence-electron chi connectivity index (χ4n) is 8.32. The van der Waals surface area contributed by atoms with E-state index in [1.54, 1.807) is 6.08 Å². The third kappa shape index (κ3) is 52.4. The van der Waals surface area contributed by atoms with Crippen molar-refractivity contribution in [2.75, 3.05) is 6.61 Å². The summed E-state index contributed by atoms with van der Waals surface area (Å²) in [6, 6.07) is -0.646. The Labute approximate surface area is 405 Å². The molecule has 0 saturated carbocycles. The first-order chi connectivity index (χ1) is 32.2. The van der Waals surface area contributed by atoms with Gasteiger partial charge in [-0.2, -0.15) is 0 Å². The molecule has 0 aliphatic carbocycles. The normalized spacial score (nSPS) is 13.5. The van der Waals surface area contributed by atoms with Gasteiger partial charge in [0.25, 0.3) is 0 Å². The maximum absolute atomic E-state index is 12.4. The first kappa shape index (κ1) is 62.6. The first-order valence-electron chi connectivity index (χ1n) is 28.3. The molecule has 0 aliphatic heterocycles. The molecule has 0 bridgehead atoms. The van der Waals surface area contributed by atoms with Crippen LogP contribution in [0.15, 0.2) is 85.1 Å². The Morgan fingerprint density at radius 3 is 1.08 bits per heavy atom. The van der Waals surface area contributed by atoms with E-state index < -0.39 is 12.1 Å². The number of carbonyl (C=O) groups excluding carboxylic acids is 1. The van der Waals surface area contributed by atoms with Crippen molar-refractivity contribution in [2.45, 2.75) is 289 Å². The largest absolute Gasteiger partial charge is 0.394 e. The molecule has 0 rings (SSSR count). The number of amides is 1. The summed E-state index contributed by atoms with van der Waals surface area (Å²) >= 11 is 0. The minimum atomic E-state index is -0.870. The Morgan fingerprint density at radius 2 is 0.692 bits per heavy atom. The molecule has 0 fully saturated rings. The number of unbranched alkanes of at least 4 members (excludes halogenated alkanes) is 32. The molecule has 0 aromatic rings. The number of hydrogen-bond donors (Lipinski definition) is 3. The molecular weight excluding hydrogens is 795 g/mol. The lowest BCUT2D eigenvalue weighted by atomic mass is 10.0. The average Bonchev–Trinajstić information content (AvgIpc) is 3.31. The molecule has 0 saturated heterocycles. The van der Waals surface area contributed by atoms with E-state index >= 15 is 0 Å². The lowest BCUT2D eigenvalue weighted by Gasteiger charge is -2.19. The van der Waals surface area contributed by atoms with E-state index in [1.807, 2.05) is 6.08 Å². The fraction of sp³-hybridized carbons (Fsp3) is 0.754. The second-order valence-electron chi connectivity index (χ2n) is 19.0. The minimum Gasteiger partial charge on any atom is -0.394 e. The highest BCUT2D eigenvalue weighted by Gasteiger charge is 2.18. The van der Waals surface area contributed by atoms with Gasteiger partial charge >= 0.3 is 0 Å². The van der Waals surface area contributed by atoms with Crippen molar-refractivity contribution in [3.63, 3.8) is 0 Å². The van der Waals surface area contributed by atoms with Gasteiger partial charge in [0.2, 0.25) is 5.91 Å². The van der Waals surface area contributed by atoms with Crippen molar-refractivity contribution < 1.29 is 15.0 Å². The van der Waals surface area contributed by atoms with Gasteiger partial charge in [0.1, 0.15) is 0 Å². The van der Waals surface area contributed by atoms with Gasteiger partial charge in [0, 0.05) is 6.42 Å². The number of rotatable bonds is 51. The molecule has 0 radical (unpaired) electrons. The van der Waals surface area contributed by atoms with Gasteiger partial charge in [-0.15, -0.1) is 0 Å². The second-order valence-corrected chi connectivity index (χ2v) is 19.0. The van der Waals surface area contributed by atoms with E-state index in [-0.39, 0.29) is 12.5 Å². The Morgan fingerprint density at radius 1 is 0.385 bits per heavy atom. The zero-order valence-electron chi connectivity index (χ0n) is 43.2. The maximum Gasteiger partial charge on any atom is 0.220 e. The Kier molecular flexibility index (Phi) is 53.8. The fourth-order valence-corrected chi connectivity index (χ4v) is 8.32. The summed E-state index contributed by atoms with van der Waals surface area (Å²) < 4.78 is 0. The van der Waals surface area contributed by atoms with Crippen LogP contribution in [0.1, 0.15) is 277 Å². The molecule has 1 amide bonds. The number of hydrogen-bond acceptors (Lipinski definition) is 3. The van der Waals surface area contributed by atoms with Gasteiger partial charge in [0.05, 0.1) is 18.8 Å². The zero-order chi connectivity index (χ0) is 47.0. The van der Waals surface area contributed by atoms with Gasteiger partial charge in [0.15, 0.2) is 0 Å². The van der Waals surface area contributed by atoms with Crippen LogP contribution in [-0.2, 0) is 4.79 Å². The highest BCUT2D eigenvalue weighted by molar-refractivity contribution is 5.76. The van der Waals surface area contributed by atoms with Crippen LogP contribution in [0, 0.1) is 0 Å². The van der Waals surface area contributed by atoms with Crippen molar-refractivity contribution in [1.82, 2.24) is 5.32 Å². The number of nitrogens with one attached hydrogen (secondary N) is 1. The topological polar surface area (TPSA) is 69.6 Å². The highest BCUT2D eigenvalue weighted by Crippen LogP contribution is 2.17. The van der Waals surface area contributed by atoms with E-state index in [4.69, 9.17) is 0 Å². The number of aliphatic hydroxyl groups excluding tert-OH is 2. The monoisotopic (exact) mass is 904 g/mol. The molecule has 0 heterocycles. The highest BCUT2D eigenvalue weighted by atomic mass is 16.3. The lowest BCUT2D eigenvalue weighted by Crippen LogP contribution is -2.45. The Balaban J connectivity index is 3.43. The number of allylic oxidation sites excluding steroid dienone is 13. The van der Waals surface area contributed by atoms with Crippen molar-refractivity contribution >= 4 is 5.91 Å². The quantitative estimate of drug-likeness (QED) is 0.0421. The SMILES string of the molecule is CC/C=C\C/C=C\C/C=C\C/C=C\CCCCCCCCCCCCCCCCCCCCCCCCCCCCC(=O)NC(CO)C(O)/C=C/CC/C=C/CC/C=C/CCCCCC. The molecule has 4 heteroatoms. The van der Waals surface area contributed by atoms with Crippen LogP contribution in [0.4, 0.5) is 0 Å². The second kappa shape index (κ2) is 55.9. The van der Waals surface area contributed by atoms with Crippen molar-refractivity contribution in [1.29, 1.82) is 0 Å². The summed E-state index contributed by atoms with van der Waals surface area (Å²) in [4.78, 5) is 12.4. The van der Waals surface area contributed by atoms with E-state index in [9.17, 15) is 15.0 Å². The molecule has 3 N–H and O–H groups in total. The molecule has 65 heavy (non-hydrogen) atoms. The molecule has 2 unspecified atom stereocenters. The number of carbonyl (C=O) groups is 1. The van der Waals surface area contributed by atoms with Crippen molar-refractivity contribution in [2.24, 2.45) is 0 Å². The summed E-state index contributed by atoms with van der Waals surface area (Å²) in [7, 11) is 0. The predicted octanol–water partition coefficient (Wildman–Crippen LogP) is 18.8. The summed E-state index contributed by atoms with van der Waals surface area (Å²) in [5, 5.41) is 23.0. The molecule has 0 spiro atoms. The molecule has 0 aromatic heterocycles. The summed E-state index contributed by atoms with van der Waals surface area (Å²) in [6.45, 7) is 4.16. The van der Waals surface area contributed by atoms with Gasteiger partial charge in [-0.1, -0.05) is 272 Å². The lowest BCUT2D eigenvalue weighted by molar-refractivity contribution is -0.123. The van der Waals surface area contributed by atoms with Crippen LogP contribution in [0.25, 0.3) is 0 Å². The zero-order valence-corrected chi connectivity index (χ0v) is 43.2. The number of aliphatic hydroxyl groups is 2. The van der Waals surface area contributed by atoms with Crippen LogP contribution >= 0.6 is 0 Å². The van der Waals surface area contributed by atoms with Crippen LogP contribution in [-0.4, -0.2) is 34.9 Å². The molecule has 0 aromatic carbocycles. The van der Waals surface area contributed by atoms with Crippen LogP contribution in [0.5, 0.6) is 0 Å². The van der Waals surface area contributed by atoms with Crippen LogP contribution in [0.2, 0.25) is 0 Å². The molecule has 0 aliphatic rings. The van der Waals surface area contributed by atoms with Crippen molar-refractivity contribution in [3.05, 3.63) is 85.1 Å². The van der Waals surface area contributed by atoms with Crippen LogP contribution < -0.4 is 5.32 Å². The van der Waals surface area contributed by atoms with E-state index in [1.165, 1.54) is 193 Å². The smallest absolute Gasteiger partial charge is 0.220 e. The summed E-state index contributed by atoms with van der Waals surface area (Å²) in [5.74, 6) is -0.0765. The third-order valence-corrected chi connectivity index (χ3v) is 12.6. The average molecular weight is 905 g/mol. The Hall–Kier alpha value is -2.43. The molecule has 2 atom stereocenters. The van der Waals surface area contributed by atoms with Gasteiger partial charge in [-0.05, 0) is 83.5 Å².